The van der Waals surface area contributed by atoms with E-state index in [9.17, 15) is 4.79 Å². The summed E-state index contributed by atoms with van der Waals surface area (Å²) >= 11 is 0. The highest BCUT2D eigenvalue weighted by Crippen LogP contribution is 2.25. The first-order valence-corrected chi connectivity index (χ1v) is 6.96. The van der Waals surface area contributed by atoms with Crippen LogP contribution in [0.15, 0.2) is 30.3 Å². The predicted molar refractivity (Wildman–Crippen MR) is 78.8 cm³/mol. The van der Waals surface area contributed by atoms with Crippen molar-refractivity contribution in [2.24, 2.45) is 0 Å². The topological polar surface area (TPSA) is 69.8 Å². The highest BCUT2D eigenvalue weighted by molar-refractivity contribution is 5.97. The molecule has 2 heterocycles. The lowest BCUT2D eigenvalue weighted by Gasteiger charge is -2.09. The van der Waals surface area contributed by atoms with E-state index in [4.69, 9.17) is 0 Å². The average molecular weight is 270 g/mol. The third kappa shape index (κ3) is 2.52. The van der Waals surface area contributed by atoms with Gasteiger partial charge in [-0.15, -0.1) is 0 Å². The number of H-pyrrole nitrogens is 1. The Morgan fingerprint density at radius 1 is 1.45 bits per heavy atom. The fourth-order valence-electron chi connectivity index (χ4n) is 2.49. The molecule has 0 spiro atoms. The number of nitrogens with one attached hydrogen (secondary N) is 3. The molecule has 1 aliphatic rings. The van der Waals surface area contributed by atoms with Gasteiger partial charge < -0.3 is 10.6 Å². The molecule has 1 aliphatic heterocycles. The number of benzene rings is 1. The molecule has 5 heteroatoms. The van der Waals surface area contributed by atoms with Crippen molar-refractivity contribution in [1.82, 2.24) is 10.2 Å². The first-order chi connectivity index (χ1) is 9.76. The Morgan fingerprint density at radius 3 is 3.10 bits per heavy atom. The molecule has 0 unspecified atom stereocenters. The number of rotatable bonds is 4. The first-order valence-electron chi connectivity index (χ1n) is 6.96. The summed E-state index contributed by atoms with van der Waals surface area (Å²) in [5, 5.41) is 13.1. The molecule has 0 saturated heterocycles. The Labute approximate surface area is 117 Å². The van der Waals surface area contributed by atoms with Crippen molar-refractivity contribution in [3.63, 3.8) is 0 Å². The number of hydrogen-bond acceptors (Lipinski definition) is 3. The molecule has 0 radical (unpaired) electrons. The molecule has 1 amide bonds. The van der Waals surface area contributed by atoms with E-state index >= 15 is 0 Å². The molecule has 3 rings (SSSR count). The van der Waals surface area contributed by atoms with Gasteiger partial charge in [0.1, 0.15) is 6.04 Å². The fraction of sp³-hybridized carbons (Fsp3) is 0.333. The molecule has 2 aromatic rings. The highest BCUT2D eigenvalue weighted by Gasteiger charge is 2.26. The molecule has 1 aromatic heterocycles. The van der Waals surface area contributed by atoms with Crippen molar-refractivity contribution >= 4 is 17.4 Å². The van der Waals surface area contributed by atoms with Gasteiger partial charge in [-0.1, -0.05) is 31.5 Å². The van der Waals surface area contributed by atoms with E-state index in [0.29, 0.717) is 12.2 Å². The lowest BCUT2D eigenvalue weighted by atomic mass is 10.1. The smallest absolute Gasteiger partial charge is 0.248 e. The zero-order valence-corrected chi connectivity index (χ0v) is 11.4. The number of nitrogens with zero attached hydrogens (tertiary/aromatic N) is 1. The van der Waals surface area contributed by atoms with Crippen LogP contribution in [-0.4, -0.2) is 22.1 Å². The molecule has 0 saturated carbocycles. The summed E-state index contributed by atoms with van der Waals surface area (Å²) in [5.41, 5.74) is 3.27. The van der Waals surface area contributed by atoms with Crippen LogP contribution in [0.25, 0.3) is 0 Å². The summed E-state index contributed by atoms with van der Waals surface area (Å²) < 4.78 is 0. The summed E-state index contributed by atoms with van der Waals surface area (Å²) in [7, 11) is 0. The zero-order valence-electron chi connectivity index (χ0n) is 11.4. The van der Waals surface area contributed by atoms with Gasteiger partial charge >= 0.3 is 0 Å². The summed E-state index contributed by atoms with van der Waals surface area (Å²) in [4.78, 5) is 12.2. The monoisotopic (exact) mass is 270 g/mol. The minimum absolute atomic E-state index is 0.0456. The second-order valence-corrected chi connectivity index (χ2v) is 5.08. The van der Waals surface area contributed by atoms with E-state index in [1.165, 1.54) is 5.56 Å². The molecule has 0 aliphatic carbocycles. The van der Waals surface area contributed by atoms with Crippen LogP contribution in [0.5, 0.6) is 0 Å². The van der Waals surface area contributed by atoms with Crippen molar-refractivity contribution in [2.75, 3.05) is 10.6 Å². The summed E-state index contributed by atoms with van der Waals surface area (Å²) in [6.45, 7) is 2.11. The van der Waals surface area contributed by atoms with Crippen LogP contribution in [0, 0.1) is 0 Å². The molecule has 1 aromatic carbocycles. The van der Waals surface area contributed by atoms with Crippen LogP contribution in [0.4, 0.5) is 11.5 Å². The van der Waals surface area contributed by atoms with E-state index < -0.39 is 0 Å². The van der Waals surface area contributed by atoms with Crippen LogP contribution in [-0.2, 0) is 17.6 Å². The molecule has 5 nitrogen and oxygen atoms in total. The summed E-state index contributed by atoms with van der Waals surface area (Å²) in [6, 6.07) is 9.67. The number of aryl methyl sites for hydroxylation is 1. The summed E-state index contributed by atoms with van der Waals surface area (Å²) in [5.74, 6) is 0.548. The molecular formula is C15H18N4O. The summed E-state index contributed by atoms with van der Waals surface area (Å²) in [6.07, 6.45) is 2.71. The minimum atomic E-state index is -0.223. The molecule has 0 fully saturated rings. The van der Waals surface area contributed by atoms with E-state index in [0.717, 1.165) is 24.2 Å². The number of para-hydroxylation sites is 1. The van der Waals surface area contributed by atoms with Crippen LogP contribution < -0.4 is 10.6 Å². The van der Waals surface area contributed by atoms with Gasteiger partial charge in [0, 0.05) is 23.9 Å². The van der Waals surface area contributed by atoms with Crippen LogP contribution in [0.3, 0.4) is 0 Å². The van der Waals surface area contributed by atoms with Gasteiger partial charge in [0.15, 0.2) is 5.82 Å². The Hall–Kier alpha value is -2.30. The normalized spacial score (nSPS) is 16.6. The Balaban J connectivity index is 1.63. The third-order valence-corrected chi connectivity index (χ3v) is 3.49. The van der Waals surface area contributed by atoms with Crippen LogP contribution >= 0.6 is 0 Å². The third-order valence-electron chi connectivity index (χ3n) is 3.49. The van der Waals surface area contributed by atoms with Gasteiger partial charge in [0.2, 0.25) is 5.91 Å². The van der Waals surface area contributed by atoms with Crippen molar-refractivity contribution in [3.8, 4) is 0 Å². The Kier molecular flexibility index (Phi) is 3.41. The number of carbonyl (C=O) groups excluding carboxylic acids is 1. The molecule has 104 valence electrons. The van der Waals surface area contributed by atoms with Gasteiger partial charge in [0.05, 0.1) is 0 Å². The quantitative estimate of drug-likeness (QED) is 0.798. The molecule has 1 atom stereocenters. The highest BCUT2D eigenvalue weighted by atomic mass is 16.2. The Bertz CT molecular complexity index is 595. The fourth-order valence-corrected chi connectivity index (χ4v) is 2.49. The predicted octanol–water partition coefficient (Wildman–Crippen LogP) is 2.34. The number of anilines is 2. The van der Waals surface area contributed by atoms with Crippen molar-refractivity contribution in [1.29, 1.82) is 0 Å². The molecular weight excluding hydrogens is 252 g/mol. The van der Waals surface area contributed by atoms with Crippen molar-refractivity contribution in [3.05, 3.63) is 41.6 Å². The van der Waals surface area contributed by atoms with Gasteiger partial charge in [0.25, 0.3) is 0 Å². The molecule has 0 bridgehead atoms. The average Bonchev–Trinajstić information content (AvgIpc) is 3.05. The number of aromatic amines is 1. The maximum absolute atomic E-state index is 12.2. The lowest BCUT2D eigenvalue weighted by Crippen LogP contribution is -2.32. The minimum Gasteiger partial charge on any atom is -0.373 e. The van der Waals surface area contributed by atoms with E-state index in [2.05, 4.69) is 27.8 Å². The van der Waals surface area contributed by atoms with Gasteiger partial charge in [-0.05, 0) is 18.1 Å². The maximum atomic E-state index is 12.2. The second kappa shape index (κ2) is 5.36. The van der Waals surface area contributed by atoms with Crippen molar-refractivity contribution < 1.29 is 4.79 Å². The van der Waals surface area contributed by atoms with Gasteiger partial charge in [-0.3, -0.25) is 9.89 Å². The largest absolute Gasteiger partial charge is 0.373 e. The van der Waals surface area contributed by atoms with Gasteiger partial charge in [-0.25, -0.2) is 0 Å². The van der Waals surface area contributed by atoms with E-state index in [1.807, 2.05) is 30.3 Å². The number of carbonyl (C=O) groups is 1. The van der Waals surface area contributed by atoms with Crippen LogP contribution in [0.1, 0.15) is 24.6 Å². The number of hydrogen-bond donors (Lipinski definition) is 3. The molecule has 20 heavy (non-hydrogen) atoms. The van der Waals surface area contributed by atoms with Crippen LogP contribution in [0.2, 0.25) is 0 Å². The van der Waals surface area contributed by atoms with Crippen molar-refractivity contribution in [2.45, 2.75) is 32.2 Å². The van der Waals surface area contributed by atoms with E-state index in [1.54, 1.807) is 0 Å². The first kappa shape index (κ1) is 12.7. The molecule has 3 N–H and O–H groups in total. The number of amides is 1. The zero-order chi connectivity index (χ0) is 13.9. The SMILES string of the molecule is CCCc1cc(NC(=O)[C@@H]2Cc3ccccc3N2)n[nH]1. The number of aromatic nitrogens is 2. The Morgan fingerprint density at radius 2 is 2.30 bits per heavy atom. The number of fused-ring (bicyclic) bond motifs is 1. The maximum Gasteiger partial charge on any atom is 0.248 e. The standard InChI is InChI=1S/C15H18N4O/c1-2-5-11-9-14(19-18-11)17-15(20)13-8-10-6-3-4-7-12(10)16-13/h3-4,6-7,9,13,16H,2,5,8H2,1H3,(H2,17,18,19,20)/t13-/m0/s1. The van der Waals surface area contributed by atoms with Gasteiger partial charge in [-0.2, -0.15) is 5.10 Å². The lowest BCUT2D eigenvalue weighted by molar-refractivity contribution is -0.116. The second-order valence-electron chi connectivity index (χ2n) is 5.08. The van der Waals surface area contributed by atoms with E-state index in [-0.39, 0.29) is 11.9 Å².